The number of fused-ring (bicyclic) bond motifs is 3. The van der Waals surface area contributed by atoms with Gasteiger partial charge in [0.15, 0.2) is 4.80 Å². The molecule has 35 heavy (non-hydrogen) atoms. The fourth-order valence-electron chi connectivity index (χ4n) is 4.84. The quantitative estimate of drug-likeness (QED) is 0.270. The number of aryl methyl sites for hydroxylation is 1. The number of nitrogens with zero attached hydrogens (tertiary/aromatic N) is 3. The fourth-order valence-corrected chi connectivity index (χ4v) is 6.11. The number of nitro benzene ring substituents is 1. The molecule has 6 rings (SSSR count). The molecule has 0 saturated heterocycles. The molecule has 0 saturated carbocycles. The lowest BCUT2D eigenvalue weighted by atomic mass is 9.83. The lowest BCUT2D eigenvalue weighted by Gasteiger charge is -2.30. The van der Waals surface area contributed by atoms with Gasteiger partial charge in [-0.3, -0.25) is 19.5 Å². The SMILES string of the molecule is O=c1/c(=C\c2ccc(Br)cc2)sc2n1[C@@H](c1cccc([N+](=O)[O-])c1)C1=C(N=2)c2ccccc2CC1. The molecule has 1 aliphatic carbocycles. The van der Waals surface area contributed by atoms with E-state index in [-0.39, 0.29) is 11.2 Å². The lowest BCUT2D eigenvalue weighted by molar-refractivity contribution is -0.384. The average Bonchev–Trinajstić information content (AvgIpc) is 3.18. The third-order valence-electron chi connectivity index (χ3n) is 6.44. The van der Waals surface area contributed by atoms with Crippen molar-refractivity contribution in [3.05, 3.63) is 135 Å². The van der Waals surface area contributed by atoms with E-state index in [2.05, 4.69) is 28.1 Å². The van der Waals surface area contributed by atoms with Crippen LogP contribution in [0.3, 0.4) is 0 Å². The summed E-state index contributed by atoms with van der Waals surface area (Å²) in [5.41, 5.74) is 5.69. The Balaban J connectivity index is 1.63. The molecule has 0 N–H and O–H groups in total. The van der Waals surface area contributed by atoms with Crippen LogP contribution in [0.2, 0.25) is 0 Å². The summed E-state index contributed by atoms with van der Waals surface area (Å²) < 4.78 is 3.25. The first-order chi connectivity index (χ1) is 17.0. The molecule has 4 aromatic rings. The first kappa shape index (κ1) is 21.9. The maximum atomic E-state index is 13.7. The van der Waals surface area contributed by atoms with Crippen molar-refractivity contribution in [1.82, 2.24) is 4.57 Å². The molecule has 1 aliphatic heterocycles. The molecule has 2 aliphatic rings. The van der Waals surface area contributed by atoms with Crippen molar-refractivity contribution < 1.29 is 4.92 Å². The maximum Gasteiger partial charge on any atom is 0.271 e. The van der Waals surface area contributed by atoms with Gasteiger partial charge in [-0.15, -0.1) is 0 Å². The molecule has 3 aromatic carbocycles. The zero-order valence-electron chi connectivity index (χ0n) is 18.3. The maximum absolute atomic E-state index is 13.7. The summed E-state index contributed by atoms with van der Waals surface area (Å²) in [6, 6.07) is 22.1. The highest BCUT2D eigenvalue weighted by atomic mass is 79.9. The standard InChI is InChI=1S/C27H18BrN3O3S/c28-19-11-8-16(9-12-19)14-23-26(32)30-25(18-5-3-6-20(15-18)31(33)34)22-13-10-17-4-1-2-7-21(17)24(22)29-27(30)35-23/h1-9,11-12,14-15,25H,10,13H2/b23-14+/t25-/m0/s1. The summed E-state index contributed by atoms with van der Waals surface area (Å²) in [6.45, 7) is 0. The highest BCUT2D eigenvalue weighted by molar-refractivity contribution is 9.10. The Labute approximate surface area is 212 Å². The molecule has 0 bridgehead atoms. The van der Waals surface area contributed by atoms with Crippen LogP contribution in [0.5, 0.6) is 0 Å². The number of aromatic nitrogens is 1. The largest absolute Gasteiger partial charge is 0.272 e. The second-order valence-electron chi connectivity index (χ2n) is 8.52. The number of hydrogen-bond donors (Lipinski definition) is 0. The first-order valence-corrected chi connectivity index (χ1v) is 12.7. The normalized spacial score (nSPS) is 16.8. The van der Waals surface area contributed by atoms with Crippen LogP contribution in [0.1, 0.15) is 34.7 Å². The molecule has 0 spiro atoms. The third kappa shape index (κ3) is 3.79. The van der Waals surface area contributed by atoms with Crippen molar-refractivity contribution in [2.24, 2.45) is 4.99 Å². The first-order valence-electron chi connectivity index (χ1n) is 11.1. The summed E-state index contributed by atoms with van der Waals surface area (Å²) in [4.78, 5) is 30.4. The van der Waals surface area contributed by atoms with Crippen LogP contribution in [-0.2, 0) is 6.42 Å². The van der Waals surface area contributed by atoms with Crippen LogP contribution >= 0.6 is 27.3 Å². The van der Waals surface area contributed by atoms with Crippen LogP contribution in [0.4, 0.5) is 5.69 Å². The summed E-state index contributed by atoms with van der Waals surface area (Å²) in [5, 5.41) is 11.5. The Morgan fingerprint density at radius 2 is 1.86 bits per heavy atom. The van der Waals surface area contributed by atoms with E-state index in [0.717, 1.165) is 45.3 Å². The van der Waals surface area contributed by atoms with Gasteiger partial charge in [0.1, 0.15) is 0 Å². The second kappa shape index (κ2) is 8.55. The molecule has 6 nitrogen and oxygen atoms in total. The van der Waals surface area contributed by atoms with Gasteiger partial charge in [0.2, 0.25) is 0 Å². The Kier molecular flexibility index (Phi) is 5.35. The van der Waals surface area contributed by atoms with Gasteiger partial charge in [0.25, 0.3) is 11.2 Å². The van der Waals surface area contributed by atoms with Crippen molar-refractivity contribution in [2.75, 3.05) is 0 Å². The van der Waals surface area contributed by atoms with Gasteiger partial charge in [-0.2, -0.15) is 0 Å². The van der Waals surface area contributed by atoms with Crippen LogP contribution in [0.25, 0.3) is 11.8 Å². The molecule has 8 heteroatoms. The number of benzene rings is 3. The molecule has 172 valence electrons. The van der Waals surface area contributed by atoms with E-state index in [4.69, 9.17) is 4.99 Å². The van der Waals surface area contributed by atoms with Crippen LogP contribution in [0.15, 0.2) is 92.6 Å². The summed E-state index contributed by atoms with van der Waals surface area (Å²) >= 11 is 4.79. The highest BCUT2D eigenvalue weighted by Crippen LogP contribution is 2.41. The minimum atomic E-state index is -0.443. The van der Waals surface area contributed by atoms with Gasteiger partial charge >= 0.3 is 0 Å². The highest BCUT2D eigenvalue weighted by Gasteiger charge is 2.33. The van der Waals surface area contributed by atoms with Crippen molar-refractivity contribution in [1.29, 1.82) is 0 Å². The number of thiazole rings is 1. The Bertz CT molecular complexity index is 1720. The van der Waals surface area contributed by atoms with Crippen molar-refractivity contribution >= 4 is 44.7 Å². The fraction of sp³-hybridized carbons (Fsp3) is 0.111. The van der Waals surface area contributed by atoms with Gasteiger partial charge in [-0.05, 0) is 53.3 Å². The Morgan fingerprint density at radius 1 is 1.06 bits per heavy atom. The van der Waals surface area contributed by atoms with E-state index >= 15 is 0 Å². The smallest absolute Gasteiger partial charge is 0.271 e. The van der Waals surface area contributed by atoms with E-state index in [9.17, 15) is 14.9 Å². The van der Waals surface area contributed by atoms with Crippen LogP contribution in [0, 0.1) is 10.1 Å². The molecule has 2 heterocycles. The summed E-state index contributed by atoms with van der Waals surface area (Å²) in [5.74, 6) is 0. The number of allylic oxidation sites excluding steroid dienone is 1. The van der Waals surface area contributed by atoms with Crippen molar-refractivity contribution in [3.8, 4) is 0 Å². The van der Waals surface area contributed by atoms with E-state index < -0.39 is 11.0 Å². The van der Waals surface area contributed by atoms with Crippen molar-refractivity contribution in [3.63, 3.8) is 0 Å². The molecule has 1 aromatic heterocycles. The molecule has 1 atom stereocenters. The number of non-ortho nitro benzene ring substituents is 1. The molecule has 0 amide bonds. The minimum Gasteiger partial charge on any atom is -0.272 e. The summed E-state index contributed by atoms with van der Waals surface area (Å²) in [7, 11) is 0. The lowest BCUT2D eigenvalue weighted by Crippen LogP contribution is -2.38. The van der Waals surface area contributed by atoms with Crippen molar-refractivity contribution in [2.45, 2.75) is 18.9 Å². The van der Waals surface area contributed by atoms with Gasteiger partial charge in [0.05, 0.1) is 21.2 Å². The van der Waals surface area contributed by atoms with Gasteiger partial charge in [0, 0.05) is 22.2 Å². The van der Waals surface area contributed by atoms with Gasteiger partial charge in [-0.25, -0.2) is 4.99 Å². The monoisotopic (exact) mass is 543 g/mol. The number of nitro groups is 1. The molecule has 0 fully saturated rings. The average molecular weight is 544 g/mol. The molecular weight excluding hydrogens is 526 g/mol. The Hall–Kier alpha value is -3.62. The molecular formula is C27H18BrN3O3S. The van der Waals surface area contributed by atoms with Gasteiger partial charge < -0.3 is 0 Å². The Morgan fingerprint density at radius 3 is 2.66 bits per heavy atom. The summed E-state index contributed by atoms with van der Waals surface area (Å²) in [6.07, 6.45) is 3.44. The van der Waals surface area contributed by atoms with Gasteiger partial charge in [-0.1, -0.05) is 75.8 Å². The number of halogens is 1. The molecule has 0 radical (unpaired) electrons. The minimum absolute atomic E-state index is 0.00912. The van der Waals surface area contributed by atoms with E-state index in [1.165, 1.54) is 23.0 Å². The predicted molar refractivity (Wildman–Crippen MR) is 140 cm³/mol. The topological polar surface area (TPSA) is 77.5 Å². The zero-order valence-corrected chi connectivity index (χ0v) is 20.8. The molecule has 0 unspecified atom stereocenters. The second-order valence-corrected chi connectivity index (χ2v) is 10.4. The number of hydrogen-bond acceptors (Lipinski definition) is 5. The third-order valence-corrected chi connectivity index (χ3v) is 7.95. The van der Waals surface area contributed by atoms with E-state index in [1.807, 2.05) is 48.5 Å². The van der Waals surface area contributed by atoms with Crippen LogP contribution < -0.4 is 14.9 Å². The predicted octanol–water partition coefficient (Wildman–Crippen LogP) is 4.99. The number of rotatable bonds is 3. The van der Waals surface area contributed by atoms with E-state index in [0.29, 0.717) is 9.33 Å². The van der Waals surface area contributed by atoms with Crippen LogP contribution in [-0.4, -0.2) is 9.49 Å². The zero-order chi connectivity index (χ0) is 24.1. The van der Waals surface area contributed by atoms with E-state index in [1.54, 1.807) is 16.7 Å².